The summed E-state index contributed by atoms with van der Waals surface area (Å²) in [5.74, 6) is 0. The van der Waals surface area contributed by atoms with Crippen LogP contribution < -0.4 is 16.4 Å². The minimum atomic E-state index is -0.383. The summed E-state index contributed by atoms with van der Waals surface area (Å²) >= 11 is 10.9. The highest BCUT2D eigenvalue weighted by atomic mass is 35.5. The average Bonchev–Trinajstić information content (AvgIpc) is 2.43. The van der Waals surface area contributed by atoms with E-state index < -0.39 is 0 Å². The Kier molecular flexibility index (Phi) is 4.77. The van der Waals surface area contributed by atoms with Crippen molar-refractivity contribution in [2.24, 2.45) is 5.73 Å². The molecular formula is C15H14ClN3OS. The molecule has 0 heterocycles. The SMILES string of the molecule is Cc1ccc(C(N)=S)cc1NC(=O)Nc1ccccc1Cl. The maximum Gasteiger partial charge on any atom is 0.323 e. The second-order valence-electron chi connectivity index (χ2n) is 4.45. The third-order valence-electron chi connectivity index (χ3n) is 2.89. The Bertz CT molecular complexity index is 703. The van der Waals surface area contributed by atoms with Crippen LogP contribution in [0, 0.1) is 6.92 Å². The Balaban J connectivity index is 2.15. The molecule has 0 fully saturated rings. The number of thiocarbonyl (C=S) groups is 1. The Morgan fingerprint density at radius 1 is 1.14 bits per heavy atom. The van der Waals surface area contributed by atoms with E-state index in [1.807, 2.05) is 19.1 Å². The first kappa shape index (κ1) is 15.3. The highest BCUT2D eigenvalue weighted by Crippen LogP contribution is 2.21. The number of hydrogen-bond acceptors (Lipinski definition) is 2. The number of hydrogen-bond donors (Lipinski definition) is 3. The molecule has 2 amide bonds. The number of urea groups is 1. The van der Waals surface area contributed by atoms with Gasteiger partial charge in [0.05, 0.1) is 10.7 Å². The first-order valence-electron chi connectivity index (χ1n) is 6.20. The van der Waals surface area contributed by atoms with Crippen LogP contribution in [-0.4, -0.2) is 11.0 Å². The van der Waals surface area contributed by atoms with Crippen molar-refractivity contribution in [2.45, 2.75) is 6.92 Å². The molecule has 0 saturated heterocycles. The molecule has 0 aliphatic heterocycles. The van der Waals surface area contributed by atoms with Gasteiger partial charge in [-0.25, -0.2) is 4.79 Å². The van der Waals surface area contributed by atoms with Crippen LogP contribution in [0.15, 0.2) is 42.5 Å². The minimum Gasteiger partial charge on any atom is -0.389 e. The van der Waals surface area contributed by atoms with E-state index >= 15 is 0 Å². The van der Waals surface area contributed by atoms with Gasteiger partial charge in [0.2, 0.25) is 0 Å². The molecule has 2 aromatic rings. The van der Waals surface area contributed by atoms with Gasteiger partial charge < -0.3 is 16.4 Å². The molecule has 0 aliphatic carbocycles. The smallest absolute Gasteiger partial charge is 0.323 e. The van der Waals surface area contributed by atoms with Crippen molar-refractivity contribution >= 4 is 46.2 Å². The summed E-state index contributed by atoms with van der Waals surface area (Å²) in [7, 11) is 0. The molecule has 0 aliphatic rings. The summed E-state index contributed by atoms with van der Waals surface area (Å²) in [6, 6.07) is 12.0. The number of nitrogens with two attached hydrogens (primary N) is 1. The van der Waals surface area contributed by atoms with Crippen molar-refractivity contribution in [3.63, 3.8) is 0 Å². The van der Waals surface area contributed by atoms with Gasteiger partial charge in [-0.15, -0.1) is 0 Å². The molecular weight excluding hydrogens is 306 g/mol. The summed E-state index contributed by atoms with van der Waals surface area (Å²) in [5, 5.41) is 5.92. The highest BCUT2D eigenvalue weighted by Gasteiger charge is 2.08. The average molecular weight is 320 g/mol. The number of aryl methyl sites for hydroxylation is 1. The van der Waals surface area contributed by atoms with E-state index in [4.69, 9.17) is 29.6 Å². The van der Waals surface area contributed by atoms with Gasteiger partial charge in [-0.3, -0.25) is 0 Å². The molecule has 4 nitrogen and oxygen atoms in total. The summed E-state index contributed by atoms with van der Waals surface area (Å²) in [5.41, 5.74) is 8.38. The van der Waals surface area contributed by atoms with Crippen molar-refractivity contribution < 1.29 is 4.79 Å². The molecule has 0 spiro atoms. The zero-order valence-corrected chi connectivity index (χ0v) is 12.9. The first-order chi connectivity index (χ1) is 9.97. The largest absolute Gasteiger partial charge is 0.389 e. The van der Waals surface area contributed by atoms with Crippen molar-refractivity contribution in [3.05, 3.63) is 58.6 Å². The van der Waals surface area contributed by atoms with Crippen molar-refractivity contribution in [3.8, 4) is 0 Å². The van der Waals surface area contributed by atoms with Gasteiger partial charge in [0.15, 0.2) is 0 Å². The van der Waals surface area contributed by atoms with Crippen molar-refractivity contribution in [1.29, 1.82) is 0 Å². The van der Waals surface area contributed by atoms with Gasteiger partial charge in [0, 0.05) is 11.3 Å². The monoisotopic (exact) mass is 319 g/mol. The van der Waals surface area contributed by atoms with E-state index in [1.165, 1.54) is 0 Å². The maximum atomic E-state index is 12.0. The predicted molar refractivity (Wildman–Crippen MR) is 91.2 cm³/mol. The number of anilines is 2. The molecule has 0 bridgehead atoms. The lowest BCUT2D eigenvalue weighted by Crippen LogP contribution is -2.20. The fraction of sp³-hybridized carbons (Fsp3) is 0.0667. The van der Waals surface area contributed by atoms with Gasteiger partial charge >= 0.3 is 6.03 Å². The molecule has 0 atom stereocenters. The second-order valence-corrected chi connectivity index (χ2v) is 5.30. The van der Waals surface area contributed by atoms with Crippen molar-refractivity contribution in [1.82, 2.24) is 0 Å². The van der Waals surface area contributed by atoms with Crippen LogP contribution in [-0.2, 0) is 0 Å². The van der Waals surface area contributed by atoms with Crippen molar-refractivity contribution in [2.75, 3.05) is 10.6 Å². The number of para-hydroxylation sites is 1. The van der Waals surface area contributed by atoms with E-state index in [0.29, 0.717) is 22.0 Å². The quantitative estimate of drug-likeness (QED) is 0.751. The number of nitrogens with one attached hydrogen (secondary N) is 2. The number of benzene rings is 2. The summed E-state index contributed by atoms with van der Waals surface area (Å²) in [4.78, 5) is 12.3. The Labute approximate surface area is 133 Å². The Hall–Kier alpha value is -2.11. The minimum absolute atomic E-state index is 0.282. The van der Waals surface area contributed by atoms with Crippen LogP contribution in [0.3, 0.4) is 0 Å². The van der Waals surface area contributed by atoms with Gasteiger partial charge in [0.1, 0.15) is 4.99 Å². The number of halogens is 1. The normalized spacial score (nSPS) is 10.0. The molecule has 0 radical (unpaired) electrons. The van der Waals surface area contributed by atoms with E-state index in [2.05, 4.69) is 10.6 Å². The van der Waals surface area contributed by atoms with Crippen LogP contribution in [0.2, 0.25) is 5.02 Å². The summed E-state index contributed by atoms with van der Waals surface area (Å²) in [6.07, 6.45) is 0. The molecule has 108 valence electrons. The predicted octanol–water partition coefficient (Wildman–Crippen LogP) is 3.93. The molecule has 0 unspecified atom stereocenters. The zero-order valence-electron chi connectivity index (χ0n) is 11.3. The van der Waals surface area contributed by atoms with Gasteiger partial charge in [-0.05, 0) is 30.7 Å². The molecule has 0 saturated carbocycles. The topological polar surface area (TPSA) is 67.1 Å². The number of amides is 2. The highest BCUT2D eigenvalue weighted by molar-refractivity contribution is 7.80. The molecule has 2 aromatic carbocycles. The summed E-state index contributed by atoms with van der Waals surface area (Å²) < 4.78 is 0. The zero-order chi connectivity index (χ0) is 15.4. The lowest BCUT2D eigenvalue weighted by atomic mass is 10.1. The van der Waals surface area contributed by atoms with Crippen LogP contribution in [0.25, 0.3) is 0 Å². The molecule has 6 heteroatoms. The number of carbonyl (C=O) groups excluding carboxylic acids is 1. The fourth-order valence-corrected chi connectivity index (χ4v) is 2.06. The second kappa shape index (κ2) is 6.56. The first-order valence-corrected chi connectivity index (χ1v) is 6.99. The van der Waals surface area contributed by atoms with Crippen LogP contribution in [0.4, 0.5) is 16.2 Å². The Morgan fingerprint density at radius 2 is 1.81 bits per heavy atom. The Morgan fingerprint density at radius 3 is 2.48 bits per heavy atom. The number of carbonyl (C=O) groups is 1. The number of rotatable bonds is 3. The molecule has 21 heavy (non-hydrogen) atoms. The van der Waals surface area contributed by atoms with Gasteiger partial charge in [0.25, 0.3) is 0 Å². The standard InChI is InChI=1S/C15H14ClN3OS/c1-9-6-7-10(14(17)21)8-13(9)19-15(20)18-12-5-3-2-4-11(12)16/h2-8H,1H3,(H2,17,21)(H2,18,19,20). The maximum absolute atomic E-state index is 12.0. The molecule has 0 aromatic heterocycles. The third-order valence-corrected chi connectivity index (χ3v) is 3.46. The van der Waals surface area contributed by atoms with E-state index in [1.54, 1.807) is 30.3 Å². The lowest BCUT2D eigenvalue weighted by Gasteiger charge is -2.12. The van der Waals surface area contributed by atoms with E-state index in [-0.39, 0.29) is 11.0 Å². The molecule has 2 rings (SSSR count). The third kappa shape index (κ3) is 3.93. The van der Waals surface area contributed by atoms with Gasteiger partial charge in [-0.2, -0.15) is 0 Å². The van der Waals surface area contributed by atoms with Crippen LogP contribution >= 0.6 is 23.8 Å². The van der Waals surface area contributed by atoms with Crippen LogP contribution in [0.1, 0.15) is 11.1 Å². The lowest BCUT2D eigenvalue weighted by molar-refractivity contribution is 0.262. The molecule has 4 N–H and O–H groups in total. The van der Waals surface area contributed by atoms with E-state index in [9.17, 15) is 4.79 Å². The fourth-order valence-electron chi connectivity index (χ4n) is 1.75. The van der Waals surface area contributed by atoms with Crippen LogP contribution in [0.5, 0.6) is 0 Å². The van der Waals surface area contributed by atoms with Gasteiger partial charge in [-0.1, -0.05) is 48.1 Å². The summed E-state index contributed by atoms with van der Waals surface area (Å²) in [6.45, 7) is 1.88. The van der Waals surface area contributed by atoms with E-state index in [0.717, 1.165) is 5.56 Å².